The number of carbonyl (C=O) groups excluding carboxylic acids is 1. The lowest BCUT2D eigenvalue weighted by Gasteiger charge is -2.11. The van der Waals surface area contributed by atoms with Crippen molar-refractivity contribution >= 4 is 29.2 Å². The van der Waals surface area contributed by atoms with Gasteiger partial charge in [0.25, 0.3) is 5.91 Å². The molecule has 126 valence electrons. The van der Waals surface area contributed by atoms with Crippen LogP contribution in [0.15, 0.2) is 23.2 Å². The first-order valence-corrected chi connectivity index (χ1v) is 7.64. The molecule has 24 heavy (non-hydrogen) atoms. The number of nitrogens with zero attached hydrogens (tertiary/aromatic N) is 3. The Hall–Kier alpha value is -2.67. The number of carbonyl (C=O) groups is 1. The van der Waals surface area contributed by atoms with Crippen molar-refractivity contribution in [2.24, 2.45) is 16.5 Å². The van der Waals surface area contributed by atoms with Crippen molar-refractivity contribution in [1.29, 1.82) is 0 Å². The Morgan fingerprint density at radius 3 is 2.46 bits per heavy atom. The van der Waals surface area contributed by atoms with Gasteiger partial charge in [0, 0.05) is 5.56 Å². The lowest BCUT2D eigenvalue weighted by molar-refractivity contribution is 0.100. The van der Waals surface area contributed by atoms with Gasteiger partial charge in [-0.1, -0.05) is 11.6 Å². The minimum atomic E-state index is -0.542. The molecule has 0 bridgehead atoms. The molecule has 0 unspecified atom stereocenters. The second-order valence-corrected chi connectivity index (χ2v) is 5.72. The van der Waals surface area contributed by atoms with Gasteiger partial charge in [0.1, 0.15) is 0 Å². The van der Waals surface area contributed by atoms with Gasteiger partial charge in [0.15, 0.2) is 5.96 Å². The van der Waals surface area contributed by atoms with E-state index in [1.54, 1.807) is 12.1 Å². The van der Waals surface area contributed by atoms with Gasteiger partial charge in [0.2, 0.25) is 0 Å². The summed E-state index contributed by atoms with van der Waals surface area (Å²) in [5, 5.41) is 3.58. The Labute approximate surface area is 145 Å². The van der Waals surface area contributed by atoms with Gasteiger partial charge in [-0.05, 0) is 39.0 Å². The highest BCUT2D eigenvalue weighted by molar-refractivity contribution is 6.33. The lowest BCUT2D eigenvalue weighted by Crippen LogP contribution is -2.24. The molecule has 0 saturated carbocycles. The fourth-order valence-corrected chi connectivity index (χ4v) is 2.33. The van der Waals surface area contributed by atoms with Gasteiger partial charge < -0.3 is 16.8 Å². The van der Waals surface area contributed by atoms with E-state index in [4.69, 9.17) is 23.1 Å². The number of anilines is 1. The van der Waals surface area contributed by atoms with Crippen LogP contribution in [0.25, 0.3) is 0 Å². The summed E-state index contributed by atoms with van der Waals surface area (Å²) in [5.41, 5.74) is 14.9. The molecule has 1 aromatic heterocycles. The second-order valence-electron chi connectivity index (χ2n) is 5.32. The molecule has 8 heteroatoms. The number of halogens is 1. The van der Waals surface area contributed by atoms with Crippen LogP contribution in [0.5, 0.6) is 0 Å². The summed E-state index contributed by atoms with van der Waals surface area (Å²) < 4.78 is 0. The molecule has 1 aromatic carbocycles. The van der Waals surface area contributed by atoms with E-state index in [1.165, 1.54) is 6.07 Å². The third-order valence-electron chi connectivity index (χ3n) is 3.47. The third kappa shape index (κ3) is 4.20. The number of nitrogens with one attached hydrogen (secondary N) is 1. The van der Waals surface area contributed by atoms with Crippen LogP contribution in [0.3, 0.4) is 0 Å². The zero-order valence-electron chi connectivity index (χ0n) is 13.7. The Morgan fingerprint density at radius 2 is 1.83 bits per heavy atom. The van der Waals surface area contributed by atoms with Crippen LogP contribution in [0.1, 0.15) is 33.1 Å². The molecule has 0 aliphatic carbocycles. The molecule has 0 aliphatic heterocycles. The van der Waals surface area contributed by atoms with Crippen molar-refractivity contribution in [2.75, 3.05) is 5.32 Å². The number of aryl methyl sites for hydroxylation is 3. The van der Waals surface area contributed by atoms with Crippen LogP contribution >= 0.6 is 11.6 Å². The summed E-state index contributed by atoms with van der Waals surface area (Å²) in [5.74, 6) is -0.832. The Balaban J connectivity index is 2.16. The van der Waals surface area contributed by atoms with E-state index in [1.807, 2.05) is 20.8 Å². The largest absolute Gasteiger partial charge is 0.378 e. The summed E-state index contributed by atoms with van der Waals surface area (Å²) in [6, 6.07) is 4.81. The molecule has 0 radical (unpaired) electrons. The molecule has 1 amide bonds. The van der Waals surface area contributed by atoms with Crippen LogP contribution in [-0.4, -0.2) is 21.8 Å². The van der Waals surface area contributed by atoms with Crippen molar-refractivity contribution < 1.29 is 4.79 Å². The van der Waals surface area contributed by atoms with Crippen molar-refractivity contribution in [1.82, 2.24) is 9.97 Å². The molecule has 0 atom stereocenters. The van der Waals surface area contributed by atoms with E-state index < -0.39 is 5.91 Å². The van der Waals surface area contributed by atoms with E-state index in [0.717, 1.165) is 22.8 Å². The quantitative estimate of drug-likeness (QED) is 0.576. The normalized spacial score (nSPS) is 10.3. The maximum Gasteiger partial charge on any atom is 0.280 e. The fraction of sp³-hybridized carbons (Fsp3) is 0.250. The number of aliphatic imine (C=N–C) groups is 1. The molecule has 5 N–H and O–H groups in total. The average Bonchev–Trinajstić information content (AvgIpc) is 2.49. The van der Waals surface area contributed by atoms with Gasteiger partial charge in [-0.3, -0.25) is 14.8 Å². The number of benzene rings is 1. The van der Waals surface area contributed by atoms with E-state index in [9.17, 15) is 4.79 Å². The number of rotatable bonds is 4. The number of guanidine groups is 1. The molecule has 7 nitrogen and oxygen atoms in total. The maximum atomic E-state index is 11.8. The van der Waals surface area contributed by atoms with Crippen LogP contribution < -0.4 is 16.8 Å². The Kier molecular flexibility index (Phi) is 5.35. The van der Waals surface area contributed by atoms with Crippen molar-refractivity contribution in [2.45, 2.75) is 27.3 Å². The molecule has 1 heterocycles. The number of hydrogen-bond donors (Lipinski definition) is 3. The molecule has 0 fully saturated rings. The molecule has 2 aromatic rings. The van der Waals surface area contributed by atoms with Crippen LogP contribution in [0.2, 0.25) is 5.02 Å². The summed E-state index contributed by atoms with van der Waals surface area (Å²) in [4.78, 5) is 24.2. The molecular weight excluding hydrogens is 328 g/mol. The molecule has 2 rings (SSSR count). The fourth-order valence-electron chi connectivity index (χ4n) is 2.08. The minimum Gasteiger partial charge on any atom is -0.378 e. The Bertz CT molecular complexity index is 814. The second kappa shape index (κ2) is 7.27. The van der Waals surface area contributed by atoms with Crippen molar-refractivity contribution in [3.05, 3.63) is 51.6 Å². The SMILES string of the molecule is Cc1nc(C)c(CNc2ccc(C(=O)N=C(N)N)cc2Cl)nc1C. The highest BCUT2D eigenvalue weighted by Crippen LogP contribution is 2.24. The van der Waals surface area contributed by atoms with Gasteiger partial charge in [0.05, 0.1) is 40.0 Å². The molecule has 0 aliphatic rings. The van der Waals surface area contributed by atoms with Gasteiger partial charge in [-0.2, -0.15) is 4.99 Å². The van der Waals surface area contributed by atoms with E-state index >= 15 is 0 Å². The summed E-state index contributed by atoms with van der Waals surface area (Å²) in [6.45, 7) is 6.23. The smallest absolute Gasteiger partial charge is 0.280 e. The maximum absolute atomic E-state index is 11.8. The zero-order chi connectivity index (χ0) is 17.9. The summed E-state index contributed by atoms with van der Waals surface area (Å²) >= 11 is 6.21. The van der Waals surface area contributed by atoms with Crippen molar-refractivity contribution in [3.63, 3.8) is 0 Å². The van der Waals surface area contributed by atoms with Crippen molar-refractivity contribution in [3.8, 4) is 0 Å². The first-order valence-electron chi connectivity index (χ1n) is 7.26. The predicted octanol–water partition coefficient (Wildman–Crippen LogP) is 2.08. The van der Waals surface area contributed by atoms with Crippen LogP contribution in [-0.2, 0) is 6.54 Å². The third-order valence-corrected chi connectivity index (χ3v) is 3.78. The van der Waals surface area contributed by atoms with Gasteiger partial charge in [-0.25, -0.2) is 0 Å². The summed E-state index contributed by atoms with van der Waals surface area (Å²) in [6.07, 6.45) is 0. The average molecular weight is 347 g/mol. The standard InChI is InChI=1S/C16H19ClN6O/c1-8-9(2)22-14(10(3)21-8)7-20-13-5-4-11(6-12(13)17)15(24)23-16(18)19/h4-6,20H,7H2,1-3H3,(H4,18,19,23,24). The van der Waals surface area contributed by atoms with E-state index in [0.29, 0.717) is 22.8 Å². The monoisotopic (exact) mass is 346 g/mol. The molecule has 0 saturated heterocycles. The van der Waals surface area contributed by atoms with E-state index in [-0.39, 0.29) is 5.96 Å². The van der Waals surface area contributed by atoms with E-state index in [2.05, 4.69) is 20.3 Å². The molecular formula is C16H19ClN6O. The van der Waals surface area contributed by atoms with Crippen LogP contribution in [0.4, 0.5) is 5.69 Å². The van der Waals surface area contributed by atoms with Crippen LogP contribution in [0, 0.1) is 20.8 Å². The number of hydrogen-bond acceptors (Lipinski definition) is 4. The van der Waals surface area contributed by atoms with Gasteiger partial charge >= 0.3 is 0 Å². The zero-order valence-corrected chi connectivity index (χ0v) is 14.5. The highest BCUT2D eigenvalue weighted by atomic mass is 35.5. The van der Waals surface area contributed by atoms with Gasteiger partial charge in [-0.15, -0.1) is 0 Å². The number of aromatic nitrogens is 2. The first kappa shape index (κ1) is 17.7. The Morgan fingerprint density at radius 1 is 1.17 bits per heavy atom. The molecule has 0 spiro atoms. The highest BCUT2D eigenvalue weighted by Gasteiger charge is 2.10. The number of amides is 1. The topological polar surface area (TPSA) is 119 Å². The summed E-state index contributed by atoms with van der Waals surface area (Å²) in [7, 11) is 0. The number of nitrogens with two attached hydrogens (primary N) is 2. The predicted molar refractivity (Wildman–Crippen MR) is 95.2 cm³/mol. The lowest BCUT2D eigenvalue weighted by atomic mass is 10.2. The first-order chi connectivity index (χ1) is 11.3. The minimum absolute atomic E-state index is 0.290.